The summed E-state index contributed by atoms with van der Waals surface area (Å²) in [5, 5.41) is 9.57. The number of hydrogen-bond donors (Lipinski definition) is 0. The smallest absolute Gasteiger partial charge is 0.260 e. The molecule has 0 bridgehead atoms. The third-order valence-electron chi connectivity index (χ3n) is 5.53. The lowest BCUT2D eigenvalue weighted by Gasteiger charge is -2.35. The normalized spacial score (nSPS) is 13.9. The van der Waals surface area contributed by atoms with Gasteiger partial charge in [-0.15, -0.1) is 10.2 Å². The van der Waals surface area contributed by atoms with E-state index in [1.54, 1.807) is 23.1 Å². The first kappa shape index (κ1) is 22.4. The Morgan fingerprint density at radius 3 is 2.47 bits per heavy atom. The van der Waals surface area contributed by atoms with E-state index in [2.05, 4.69) is 47.1 Å². The lowest BCUT2D eigenvalue weighted by Crippen LogP contribution is -2.50. The maximum atomic E-state index is 12.5. The van der Waals surface area contributed by atoms with Crippen molar-refractivity contribution in [3.63, 3.8) is 0 Å². The van der Waals surface area contributed by atoms with Crippen LogP contribution in [0.4, 0.5) is 5.82 Å². The third-order valence-corrected chi connectivity index (χ3v) is 6.33. The van der Waals surface area contributed by atoms with E-state index >= 15 is 0 Å². The van der Waals surface area contributed by atoms with Gasteiger partial charge in [0, 0.05) is 31.7 Å². The van der Waals surface area contributed by atoms with Crippen LogP contribution < -0.4 is 9.64 Å². The number of rotatable bonds is 5. The molecule has 1 fully saturated rings. The first-order valence-electron chi connectivity index (χ1n) is 10.4. The Morgan fingerprint density at radius 1 is 1.00 bits per heavy atom. The van der Waals surface area contributed by atoms with Crippen LogP contribution in [0.1, 0.15) is 11.1 Å². The highest BCUT2D eigenvalue weighted by Crippen LogP contribution is 2.31. The van der Waals surface area contributed by atoms with Crippen LogP contribution in [0.15, 0.2) is 48.5 Å². The van der Waals surface area contributed by atoms with Crippen LogP contribution in [-0.2, 0) is 4.79 Å². The van der Waals surface area contributed by atoms with E-state index in [1.165, 1.54) is 11.1 Å². The Balaban J connectivity index is 1.32. The number of aromatic nitrogens is 2. The molecule has 166 valence electrons. The first-order valence-corrected chi connectivity index (χ1v) is 11.2. The Kier molecular flexibility index (Phi) is 6.82. The molecule has 3 aromatic rings. The van der Waals surface area contributed by atoms with Gasteiger partial charge >= 0.3 is 0 Å². The fraction of sp³-hybridized carbons (Fsp3) is 0.292. The molecule has 1 aromatic heterocycles. The zero-order chi connectivity index (χ0) is 22.7. The standard InChI is InChI=1S/C24H24Cl2N4O2/c1-16-6-7-18(17(2)14-16)20-8-9-22(28-27-20)29-10-12-30(13-11-29)23(31)15-32-21-5-3-4-19(25)24(21)26/h3-9,14H,10-13,15H2,1-2H3. The van der Waals surface area contributed by atoms with E-state index in [-0.39, 0.29) is 12.5 Å². The molecule has 2 heterocycles. The molecule has 0 aliphatic carbocycles. The largest absolute Gasteiger partial charge is 0.482 e. The second-order valence-corrected chi connectivity index (χ2v) is 8.59. The van der Waals surface area contributed by atoms with E-state index in [9.17, 15) is 4.79 Å². The summed E-state index contributed by atoms with van der Waals surface area (Å²) < 4.78 is 5.57. The van der Waals surface area contributed by atoms with Crippen LogP contribution >= 0.6 is 23.2 Å². The molecule has 4 rings (SSSR count). The summed E-state index contributed by atoms with van der Waals surface area (Å²) in [7, 11) is 0. The summed E-state index contributed by atoms with van der Waals surface area (Å²) in [5.41, 5.74) is 4.35. The number of carbonyl (C=O) groups excluding carboxylic acids is 1. The number of halogens is 2. The molecule has 8 heteroatoms. The number of anilines is 1. The highest BCUT2D eigenvalue weighted by atomic mass is 35.5. The van der Waals surface area contributed by atoms with Crippen LogP contribution in [0.2, 0.25) is 10.0 Å². The lowest BCUT2D eigenvalue weighted by atomic mass is 10.0. The number of piperazine rings is 1. The van der Waals surface area contributed by atoms with Crippen molar-refractivity contribution in [2.24, 2.45) is 0 Å². The van der Waals surface area contributed by atoms with Gasteiger partial charge in [0.2, 0.25) is 0 Å². The van der Waals surface area contributed by atoms with Gasteiger partial charge < -0.3 is 14.5 Å². The van der Waals surface area contributed by atoms with Crippen molar-refractivity contribution < 1.29 is 9.53 Å². The molecule has 0 unspecified atom stereocenters. The van der Waals surface area contributed by atoms with E-state index in [0.717, 1.165) is 17.1 Å². The molecule has 0 atom stereocenters. The highest BCUT2D eigenvalue weighted by Gasteiger charge is 2.23. The molecule has 1 aliphatic rings. The van der Waals surface area contributed by atoms with E-state index in [1.807, 2.05) is 12.1 Å². The number of amides is 1. The monoisotopic (exact) mass is 470 g/mol. The Bertz CT molecular complexity index is 1110. The zero-order valence-electron chi connectivity index (χ0n) is 18.0. The maximum absolute atomic E-state index is 12.5. The van der Waals surface area contributed by atoms with Crippen LogP contribution in [-0.4, -0.2) is 53.8 Å². The SMILES string of the molecule is Cc1ccc(-c2ccc(N3CCN(C(=O)COc4cccc(Cl)c4Cl)CC3)nn2)c(C)c1. The number of nitrogens with zero attached hydrogens (tertiary/aromatic N) is 4. The second kappa shape index (κ2) is 9.76. The summed E-state index contributed by atoms with van der Waals surface area (Å²) >= 11 is 12.1. The minimum atomic E-state index is -0.0861. The molecule has 0 saturated carbocycles. The van der Waals surface area contributed by atoms with Crippen LogP contribution in [0, 0.1) is 13.8 Å². The number of benzene rings is 2. The number of aryl methyl sites for hydroxylation is 2. The molecular formula is C24H24Cl2N4O2. The first-order chi connectivity index (χ1) is 15.4. The molecular weight excluding hydrogens is 447 g/mol. The van der Waals surface area contributed by atoms with Gasteiger partial charge in [-0.3, -0.25) is 4.79 Å². The molecule has 0 spiro atoms. The topological polar surface area (TPSA) is 58.6 Å². The average Bonchev–Trinajstić information content (AvgIpc) is 2.80. The molecule has 2 aromatic carbocycles. The zero-order valence-corrected chi connectivity index (χ0v) is 19.5. The summed E-state index contributed by atoms with van der Waals surface area (Å²) in [4.78, 5) is 16.5. The van der Waals surface area contributed by atoms with Crippen molar-refractivity contribution >= 4 is 34.9 Å². The van der Waals surface area contributed by atoms with Crippen molar-refractivity contribution in [2.75, 3.05) is 37.7 Å². The van der Waals surface area contributed by atoms with Crippen LogP contribution in [0.5, 0.6) is 5.75 Å². The molecule has 1 saturated heterocycles. The average molecular weight is 471 g/mol. The number of hydrogen-bond acceptors (Lipinski definition) is 5. The van der Waals surface area contributed by atoms with Gasteiger partial charge in [-0.25, -0.2) is 0 Å². The molecule has 1 aliphatic heterocycles. The number of carbonyl (C=O) groups is 1. The Hall–Kier alpha value is -2.83. The van der Waals surface area contributed by atoms with Crippen molar-refractivity contribution in [1.82, 2.24) is 15.1 Å². The summed E-state index contributed by atoms with van der Waals surface area (Å²) in [6, 6.07) is 15.4. The van der Waals surface area contributed by atoms with Gasteiger partial charge in [0.05, 0.1) is 10.7 Å². The minimum Gasteiger partial charge on any atom is -0.482 e. The van der Waals surface area contributed by atoms with Gasteiger partial charge in [-0.1, -0.05) is 53.0 Å². The Labute approximate surface area is 197 Å². The quantitative estimate of drug-likeness (QED) is 0.536. The summed E-state index contributed by atoms with van der Waals surface area (Å²) in [5.74, 6) is 1.13. The van der Waals surface area contributed by atoms with Gasteiger partial charge in [0.1, 0.15) is 10.8 Å². The molecule has 0 N–H and O–H groups in total. The van der Waals surface area contributed by atoms with Gasteiger partial charge in [-0.05, 0) is 43.7 Å². The molecule has 6 nitrogen and oxygen atoms in total. The highest BCUT2D eigenvalue weighted by molar-refractivity contribution is 6.42. The van der Waals surface area contributed by atoms with E-state index in [4.69, 9.17) is 27.9 Å². The Morgan fingerprint density at radius 2 is 1.78 bits per heavy atom. The molecule has 1 amide bonds. The fourth-order valence-corrected chi connectivity index (χ4v) is 4.10. The van der Waals surface area contributed by atoms with Gasteiger partial charge in [0.15, 0.2) is 12.4 Å². The van der Waals surface area contributed by atoms with Crippen molar-refractivity contribution in [3.05, 3.63) is 69.7 Å². The van der Waals surface area contributed by atoms with Gasteiger partial charge in [-0.2, -0.15) is 0 Å². The van der Waals surface area contributed by atoms with Crippen LogP contribution in [0.3, 0.4) is 0 Å². The van der Waals surface area contributed by atoms with Crippen LogP contribution in [0.25, 0.3) is 11.3 Å². The maximum Gasteiger partial charge on any atom is 0.260 e. The predicted molar refractivity (Wildman–Crippen MR) is 128 cm³/mol. The van der Waals surface area contributed by atoms with Crippen molar-refractivity contribution in [1.29, 1.82) is 0 Å². The van der Waals surface area contributed by atoms with Crippen molar-refractivity contribution in [3.8, 4) is 17.0 Å². The predicted octanol–water partition coefficient (Wildman–Crippen LogP) is 4.79. The molecule has 32 heavy (non-hydrogen) atoms. The summed E-state index contributed by atoms with van der Waals surface area (Å²) in [6.07, 6.45) is 0. The van der Waals surface area contributed by atoms with Gasteiger partial charge in [0.25, 0.3) is 5.91 Å². The third kappa shape index (κ3) is 4.97. The van der Waals surface area contributed by atoms with Crippen molar-refractivity contribution in [2.45, 2.75) is 13.8 Å². The van der Waals surface area contributed by atoms with E-state index in [0.29, 0.717) is 42.0 Å². The lowest BCUT2D eigenvalue weighted by molar-refractivity contribution is -0.133. The molecule has 0 radical (unpaired) electrons. The number of ether oxygens (including phenoxy) is 1. The van der Waals surface area contributed by atoms with E-state index < -0.39 is 0 Å². The minimum absolute atomic E-state index is 0.0789. The summed E-state index contributed by atoms with van der Waals surface area (Å²) in [6.45, 7) is 6.62. The fourth-order valence-electron chi connectivity index (χ4n) is 3.75. The second-order valence-electron chi connectivity index (χ2n) is 7.80.